The molecule has 0 spiro atoms. The molecule has 0 saturated carbocycles. The van der Waals surface area contributed by atoms with Gasteiger partial charge >= 0.3 is 0 Å². The van der Waals surface area contributed by atoms with Gasteiger partial charge in [-0.1, -0.05) is 18.2 Å². The van der Waals surface area contributed by atoms with E-state index in [-0.39, 0.29) is 5.91 Å². The first-order chi connectivity index (χ1) is 8.24. The fourth-order valence-electron chi connectivity index (χ4n) is 1.49. The molecule has 90 valence electrons. The zero-order chi connectivity index (χ0) is 12.5. The van der Waals surface area contributed by atoms with Crippen LogP contribution in [-0.2, 0) is 11.2 Å². The second-order valence-electron chi connectivity index (χ2n) is 3.73. The van der Waals surface area contributed by atoms with E-state index in [4.69, 9.17) is 5.73 Å². The molecule has 0 radical (unpaired) electrons. The number of hydrogen-bond donors (Lipinski definition) is 2. The number of para-hydroxylation sites is 1. The van der Waals surface area contributed by atoms with Gasteiger partial charge in [-0.05, 0) is 25.0 Å². The van der Waals surface area contributed by atoms with Gasteiger partial charge in [-0.15, -0.1) is 11.8 Å². The zero-order valence-corrected chi connectivity index (χ0v) is 10.1. The first-order valence-corrected chi connectivity index (χ1v) is 5.73. The fourth-order valence-corrected chi connectivity index (χ4v) is 1.49. The number of nitrogens with one attached hydrogen (secondary N) is 1. The van der Waals surface area contributed by atoms with Crippen molar-refractivity contribution in [2.75, 3.05) is 12.3 Å². The molecule has 0 atom stereocenters. The van der Waals surface area contributed by atoms with E-state index in [0.29, 0.717) is 25.8 Å². The van der Waals surface area contributed by atoms with Gasteiger partial charge in [0, 0.05) is 25.1 Å². The van der Waals surface area contributed by atoms with Crippen molar-refractivity contribution in [3.63, 3.8) is 0 Å². The Morgan fingerprint density at radius 1 is 1.41 bits per heavy atom. The molecule has 17 heavy (non-hydrogen) atoms. The molecule has 0 aliphatic rings. The third-order valence-corrected chi connectivity index (χ3v) is 2.43. The van der Waals surface area contributed by atoms with Gasteiger partial charge < -0.3 is 11.1 Å². The lowest BCUT2D eigenvalue weighted by Crippen LogP contribution is -2.24. The minimum absolute atomic E-state index is 0.0474. The van der Waals surface area contributed by atoms with Crippen LogP contribution in [0.15, 0.2) is 24.3 Å². The smallest absolute Gasteiger partial charge is 0.220 e. The summed E-state index contributed by atoms with van der Waals surface area (Å²) < 4.78 is 0. The largest absolute Gasteiger partial charge is 0.399 e. The van der Waals surface area contributed by atoms with Crippen molar-refractivity contribution < 1.29 is 4.79 Å². The van der Waals surface area contributed by atoms with Crippen LogP contribution >= 0.6 is 0 Å². The quantitative estimate of drug-likeness (QED) is 0.460. The summed E-state index contributed by atoms with van der Waals surface area (Å²) in [6, 6.07) is 7.62. The van der Waals surface area contributed by atoms with Crippen LogP contribution in [0, 0.1) is 11.8 Å². The zero-order valence-electron chi connectivity index (χ0n) is 10.1. The minimum atomic E-state index is 0.0474. The third-order valence-electron chi connectivity index (χ3n) is 2.43. The molecule has 1 amide bonds. The lowest BCUT2D eigenvalue weighted by molar-refractivity contribution is -0.121. The summed E-state index contributed by atoms with van der Waals surface area (Å²) in [5.74, 6) is 5.74. The first kappa shape index (κ1) is 13.1. The topological polar surface area (TPSA) is 55.1 Å². The molecule has 0 aliphatic heterocycles. The number of rotatable bonds is 5. The van der Waals surface area contributed by atoms with Crippen LogP contribution in [0.5, 0.6) is 0 Å². The number of hydrogen-bond acceptors (Lipinski definition) is 2. The van der Waals surface area contributed by atoms with E-state index in [0.717, 1.165) is 11.3 Å². The number of nitrogens with two attached hydrogens (primary N) is 1. The van der Waals surface area contributed by atoms with Crippen molar-refractivity contribution in [1.29, 1.82) is 0 Å². The molecule has 0 unspecified atom stereocenters. The van der Waals surface area contributed by atoms with E-state index in [1.165, 1.54) is 0 Å². The molecular formula is C14H18N2O. The molecular weight excluding hydrogens is 212 g/mol. The van der Waals surface area contributed by atoms with Crippen LogP contribution in [0.25, 0.3) is 0 Å². The van der Waals surface area contributed by atoms with Crippen molar-refractivity contribution in [3.8, 4) is 11.8 Å². The van der Waals surface area contributed by atoms with Crippen LogP contribution in [-0.4, -0.2) is 12.5 Å². The Hall–Kier alpha value is -1.95. The Kier molecular flexibility index (Phi) is 5.67. The predicted octanol–water partition coefficient (Wildman–Crippen LogP) is 1.73. The second kappa shape index (κ2) is 7.34. The SMILES string of the molecule is CC#CCCNC(=O)CCc1ccccc1N. The van der Waals surface area contributed by atoms with E-state index in [2.05, 4.69) is 17.2 Å². The van der Waals surface area contributed by atoms with Crippen LogP contribution < -0.4 is 11.1 Å². The van der Waals surface area contributed by atoms with Crippen LogP contribution in [0.2, 0.25) is 0 Å². The lowest BCUT2D eigenvalue weighted by atomic mass is 10.1. The van der Waals surface area contributed by atoms with Gasteiger partial charge in [0.15, 0.2) is 0 Å². The number of carbonyl (C=O) groups is 1. The van der Waals surface area contributed by atoms with Crippen molar-refractivity contribution in [2.24, 2.45) is 0 Å². The molecule has 0 bridgehead atoms. The van der Waals surface area contributed by atoms with Crippen molar-refractivity contribution in [2.45, 2.75) is 26.2 Å². The molecule has 0 fully saturated rings. The number of amides is 1. The number of carbonyl (C=O) groups excluding carboxylic acids is 1. The monoisotopic (exact) mass is 230 g/mol. The van der Waals surface area contributed by atoms with Crippen molar-refractivity contribution in [3.05, 3.63) is 29.8 Å². The van der Waals surface area contributed by atoms with Crippen LogP contribution in [0.4, 0.5) is 5.69 Å². The summed E-state index contributed by atoms with van der Waals surface area (Å²) in [4.78, 5) is 11.5. The third kappa shape index (κ3) is 5.07. The summed E-state index contributed by atoms with van der Waals surface area (Å²) in [5.41, 5.74) is 7.57. The Bertz CT molecular complexity index is 429. The maximum atomic E-state index is 11.5. The summed E-state index contributed by atoms with van der Waals surface area (Å²) in [7, 11) is 0. The molecule has 1 aromatic rings. The fraction of sp³-hybridized carbons (Fsp3) is 0.357. The van der Waals surface area contributed by atoms with Crippen molar-refractivity contribution >= 4 is 11.6 Å². The maximum Gasteiger partial charge on any atom is 0.220 e. The van der Waals surface area contributed by atoms with Gasteiger partial charge in [-0.25, -0.2) is 0 Å². The molecule has 3 N–H and O–H groups in total. The molecule has 3 heteroatoms. The number of nitrogen functional groups attached to an aromatic ring is 1. The van der Waals surface area contributed by atoms with E-state index in [9.17, 15) is 4.79 Å². The van der Waals surface area contributed by atoms with Gasteiger partial charge in [0.25, 0.3) is 0 Å². The van der Waals surface area contributed by atoms with E-state index in [1.807, 2.05) is 24.3 Å². The Morgan fingerprint density at radius 2 is 2.18 bits per heavy atom. The second-order valence-corrected chi connectivity index (χ2v) is 3.73. The highest BCUT2D eigenvalue weighted by molar-refractivity contribution is 5.76. The normalized spacial score (nSPS) is 9.24. The number of benzene rings is 1. The minimum Gasteiger partial charge on any atom is -0.399 e. The predicted molar refractivity (Wildman–Crippen MR) is 70.3 cm³/mol. The average molecular weight is 230 g/mol. The van der Waals surface area contributed by atoms with Crippen LogP contribution in [0.1, 0.15) is 25.3 Å². The van der Waals surface area contributed by atoms with E-state index >= 15 is 0 Å². The first-order valence-electron chi connectivity index (χ1n) is 5.73. The Morgan fingerprint density at radius 3 is 2.88 bits per heavy atom. The molecule has 1 rings (SSSR count). The van der Waals surface area contributed by atoms with E-state index < -0.39 is 0 Å². The molecule has 1 aromatic carbocycles. The number of anilines is 1. The maximum absolute atomic E-state index is 11.5. The summed E-state index contributed by atoms with van der Waals surface area (Å²) in [5, 5.41) is 2.82. The van der Waals surface area contributed by atoms with Gasteiger partial charge in [0.1, 0.15) is 0 Å². The number of aryl methyl sites for hydroxylation is 1. The Balaban J connectivity index is 2.28. The standard InChI is InChI=1S/C14H18N2O/c1-2-3-6-11-16-14(17)10-9-12-7-4-5-8-13(12)15/h4-5,7-8H,6,9-11,15H2,1H3,(H,16,17). The highest BCUT2D eigenvalue weighted by atomic mass is 16.1. The summed E-state index contributed by atoms with van der Waals surface area (Å²) in [6.45, 7) is 2.41. The highest BCUT2D eigenvalue weighted by Crippen LogP contribution is 2.12. The molecule has 3 nitrogen and oxygen atoms in total. The van der Waals surface area contributed by atoms with Crippen molar-refractivity contribution in [1.82, 2.24) is 5.32 Å². The lowest BCUT2D eigenvalue weighted by Gasteiger charge is -2.05. The molecule has 0 aromatic heterocycles. The van der Waals surface area contributed by atoms with E-state index in [1.54, 1.807) is 6.92 Å². The molecule has 0 saturated heterocycles. The summed E-state index contributed by atoms with van der Waals surface area (Å²) in [6.07, 6.45) is 1.85. The molecule has 0 aliphatic carbocycles. The highest BCUT2D eigenvalue weighted by Gasteiger charge is 2.03. The van der Waals surface area contributed by atoms with Gasteiger partial charge in [0.2, 0.25) is 5.91 Å². The average Bonchev–Trinajstić information content (AvgIpc) is 2.34. The van der Waals surface area contributed by atoms with Crippen LogP contribution in [0.3, 0.4) is 0 Å². The van der Waals surface area contributed by atoms with Gasteiger partial charge in [-0.2, -0.15) is 0 Å². The molecule has 0 heterocycles. The summed E-state index contributed by atoms with van der Waals surface area (Å²) >= 11 is 0. The Labute approximate surface area is 102 Å². The van der Waals surface area contributed by atoms with Gasteiger partial charge in [-0.3, -0.25) is 4.79 Å². The van der Waals surface area contributed by atoms with Gasteiger partial charge in [0.05, 0.1) is 0 Å².